The van der Waals surface area contributed by atoms with Crippen LogP contribution >= 0.6 is 0 Å². The van der Waals surface area contributed by atoms with Crippen LogP contribution < -0.4 is 5.73 Å². The molecule has 0 unspecified atom stereocenters. The first-order valence-electron chi connectivity index (χ1n) is 6.45. The third-order valence-electron chi connectivity index (χ3n) is 3.17. The second kappa shape index (κ2) is 6.50. The number of sulfonamides is 1. The third-order valence-corrected chi connectivity index (χ3v) is 4.97. The van der Waals surface area contributed by atoms with E-state index in [1.165, 1.54) is 4.31 Å². The van der Waals surface area contributed by atoms with E-state index in [2.05, 4.69) is 0 Å². The summed E-state index contributed by atoms with van der Waals surface area (Å²) in [5, 5.41) is 0. The van der Waals surface area contributed by atoms with Gasteiger partial charge in [-0.25, -0.2) is 12.7 Å². The number of aryl methyl sites for hydroxylation is 1. The molecule has 1 rings (SSSR count). The van der Waals surface area contributed by atoms with Crippen molar-refractivity contribution in [1.29, 1.82) is 0 Å². The summed E-state index contributed by atoms with van der Waals surface area (Å²) >= 11 is 0. The van der Waals surface area contributed by atoms with Crippen LogP contribution in [0.3, 0.4) is 0 Å². The lowest BCUT2D eigenvalue weighted by molar-refractivity contribution is 0.292. The number of benzene rings is 1. The normalized spacial score (nSPS) is 12.9. The lowest BCUT2D eigenvalue weighted by atomic mass is 9.94. The van der Waals surface area contributed by atoms with E-state index in [0.717, 1.165) is 5.56 Å². The number of hydrogen-bond acceptors (Lipinski definition) is 3. The zero-order valence-electron chi connectivity index (χ0n) is 12.0. The number of hydrogen-bond donors (Lipinski definition) is 1. The monoisotopic (exact) mass is 284 g/mol. The number of rotatable bonds is 7. The molecule has 19 heavy (non-hydrogen) atoms. The first-order chi connectivity index (χ1) is 8.77. The van der Waals surface area contributed by atoms with Gasteiger partial charge in [-0.3, -0.25) is 0 Å². The lowest BCUT2D eigenvalue weighted by Gasteiger charge is -2.28. The molecule has 0 fully saturated rings. The van der Waals surface area contributed by atoms with Crippen molar-refractivity contribution in [3.8, 4) is 0 Å². The van der Waals surface area contributed by atoms with Crippen LogP contribution in [0.2, 0.25) is 0 Å². The molecule has 0 bridgehead atoms. The van der Waals surface area contributed by atoms with Crippen LogP contribution in [0.1, 0.15) is 19.4 Å². The van der Waals surface area contributed by atoms with E-state index < -0.39 is 10.0 Å². The zero-order chi connectivity index (χ0) is 14.5. The summed E-state index contributed by atoms with van der Waals surface area (Å²) in [4.78, 5) is 0. The standard InChI is InChI=1S/C14H24N2O2S/c1-14(2,11-15)12-16(3)19(17,18)10-9-13-7-5-4-6-8-13/h4-8H,9-12,15H2,1-3H3. The van der Waals surface area contributed by atoms with Gasteiger partial charge in [0.25, 0.3) is 0 Å². The first-order valence-corrected chi connectivity index (χ1v) is 8.06. The van der Waals surface area contributed by atoms with Crippen LogP contribution in [-0.2, 0) is 16.4 Å². The molecule has 2 N–H and O–H groups in total. The molecule has 4 nitrogen and oxygen atoms in total. The molecule has 0 aliphatic carbocycles. The molecule has 0 amide bonds. The Kier molecular flexibility index (Phi) is 5.52. The van der Waals surface area contributed by atoms with E-state index in [4.69, 9.17) is 5.73 Å². The molecule has 0 aromatic heterocycles. The van der Waals surface area contributed by atoms with Gasteiger partial charge in [0.2, 0.25) is 10.0 Å². The lowest BCUT2D eigenvalue weighted by Crippen LogP contribution is -2.40. The van der Waals surface area contributed by atoms with Crippen LogP contribution in [-0.4, -0.2) is 38.6 Å². The zero-order valence-corrected chi connectivity index (χ0v) is 12.8. The SMILES string of the molecule is CN(CC(C)(C)CN)S(=O)(=O)CCc1ccccc1. The second-order valence-corrected chi connectivity index (χ2v) is 7.87. The minimum absolute atomic E-state index is 0.133. The third kappa shape index (κ3) is 5.30. The quantitative estimate of drug-likeness (QED) is 0.825. The van der Waals surface area contributed by atoms with Gasteiger partial charge < -0.3 is 5.73 Å². The molecular formula is C14H24N2O2S. The maximum atomic E-state index is 12.2. The second-order valence-electron chi connectivity index (χ2n) is 5.68. The van der Waals surface area contributed by atoms with Gasteiger partial charge in [0.1, 0.15) is 0 Å². The van der Waals surface area contributed by atoms with E-state index in [1.54, 1.807) is 7.05 Å². The number of nitrogens with two attached hydrogens (primary N) is 1. The Labute approximate surface area is 116 Å². The largest absolute Gasteiger partial charge is 0.330 e. The van der Waals surface area contributed by atoms with Gasteiger partial charge in [-0.05, 0) is 23.9 Å². The van der Waals surface area contributed by atoms with Crippen molar-refractivity contribution in [3.05, 3.63) is 35.9 Å². The Morgan fingerprint density at radius 3 is 2.32 bits per heavy atom. The van der Waals surface area contributed by atoms with Gasteiger partial charge in [-0.15, -0.1) is 0 Å². The molecule has 1 aromatic rings. The van der Waals surface area contributed by atoms with Gasteiger partial charge in [0.15, 0.2) is 0 Å². The van der Waals surface area contributed by atoms with Gasteiger partial charge in [0, 0.05) is 13.6 Å². The van der Waals surface area contributed by atoms with Crippen molar-refractivity contribution >= 4 is 10.0 Å². The Bertz CT molecular complexity index is 483. The van der Waals surface area contributed by atoms with Crippen molar-refractivity contribution in [2.75, 3.05) is 25.9 Å². The van der Waals surface area contributed by atoms with Gasteiger partial charge in [-0.2, -0.15) is 0 Å². The summed E-state index contributed by atoms with van der Waals surface area (Å²) in [7, 11) is -1.60. The molecule has 0 radical (unpaired) electrons. The Balaban J connectivity index is 2.61. The van der Waals surface area contributed by atoms with Crippen LogP contribution in [0.25, 0.3) is 0 Å². The highest BCUT2D eigenvalue weighted by Gasteiger charge is 2.25. The minimum atomic E-state index is -3.22. The molecule has 0 saturated carbocycles. The average Bonchev–Trinajstić information content (AvgIpc) is 2.37. The Hall–Kier alpha value is -0.910. The molecule has 0 saturated heterocycles. The summed E-state index contributed by atoms with van der Waals surface area (Å²) in [6, 6.07) is 9.65. The fraction of sp³-hybridized carbons (Fsp3) is 0.571. The van der Waals surface area contributed by atoms with Crippen LogP contribution in [0, 0.1) is 5.41 Å². The molecular weight excluding hydrogens is 260 g/mol. The molecule has 108 valence electrons. The molecule has 0 aliphatic heterocycles. The number of nitrogens with zero attached hydrogens (tertiary/aromatic N) is 1. The van der Waals surface area contributed by atoms with Crippen molar-refractivity contribution in [3.63, 3.8) is 0 Å². The van der Waals surface area contributed by atoms with Crippen molar-refractivity contribution in [1.82, 2.24) is 4.31 Å². The molecule has 1 aromatic carbocycles. The molecule has 0 aliphatic rings. The predicted molar refractivity (Wildman–Crippen MR) is 79.4 cm³/mol. The molecule has 0 atom stereocenters. The van der Waals surface area contributed by atoms with E-state index in [0.29, 0.717) is 19.5 Å². The fourth-order valence-electron chi connectivity index (χ4n) is 1.81. The van der Waals surface area contributed by atoms with Crippen LogP contribution in [0.15, 0.2) is 30.3 Å². The fourth-order valence-corrected chi connectivity index (χ4v) is 3.16. The summed E-state index contributed by atoms with van der Waals surface area (Å²) in [5.74, 6) is 0.133. The smallest absolute Gasteiger partial charge is 0.214 e. The Morgan fingerprint density at radius 2 is 1.79 bits per heavy atom. The highest BCUT2D eigenvalue weighted by atomic mass is 32.2. The highest BCUT2D eigenvalue weighted by Crippen LogP contribution is 2.16. The summed E-state index contributed by atoms with van der Waals surface area (Å²) < 4.78 is 25.8. The van der Waals surface area contributed by atoms with E-state index in [-0.39, 0.29) is 11.2 Å². The Morgan fingerprint density at radius 1 is 1.21 bits per heavy atom. The van der Waals surface area contributed by atoms with E-state index in [1.807, 2.05) is 44.2 Å². The predicted octanol–water partition coefficient (Wildman–Crippen LogP) is 1.48. The molecule has 0 heterocycles. The van der Waals surface area contributed by atoms with E-state index >= 15 is 0 Å². The first kappa shape index (κ1) is 16.1. The van der Waals surface area contributed by atoms with Crippen molar-refractivity contribution in [2.24, 2.45) is 11.1 Å². The minimum Gasteiger partial charge on any atom is -0.330 e. The maximum Gasteiger partial charge on any atom is 0.214 e. The van der Waals surface area contributed by atoms with Crippen LogP contribution in [0.5, 0.6) is 0 Å². The average molecular weight is 284 g/mol. The van der Waals surface area contributed by atoms with E-state index in [9.17, 15) is 8.42 Å². The summed E-state index contributed by atoms with van der Waals surface area (Å²) in [6.07, 6.45) is 0.538. The highest BCUT2D eigenvalue weighted by molar-refractivity contribution is 7.89. The molecule has 5 heteroatoms. The summed E-state index contributed by atoms with van der Waals surface area (Å²) in [6.45, 7) is 4.85. The van der Waals surface area contributed by atoms with Crippen LogP contribution in [0.4, 0.5) is 0 Å². The van der Waals surface area contributed by atoms with Gasteiger partial charge in [-0.1, -0.05) is 44.2 Å². The summed E-state index contributed by atoms with van der Waals surface area (Å²) in [5.41, 5.74) is 6.48. The van der Waals surface area contributed by atoms with Gasteiger partial charge >= 0.3 is 0 Å². The van der Waals surface area contributed by atoms with Gasteiger partial charge in [0.05, 0.1) is 5.75 Å². The van der Waals surface area contributed by atoms with Crippen molar-refractivity contribution < 1.29 is 8.42 Å². The maximum absolute atomic E-state index is 12.2. The van der Waals surface area contributed by atoms with Crippen molar-refractivity contribution in [2.45, 2.75) is 20.3 Å². The molecule has 0 spiro atoms. The topological polar surface area (TPSA) is 63.4 Å².